The molecule has 0 unspecified atom stereocenters. The molecule has 0 amide bonds. The molecule has 0 aliphatic heterocycles. The molecule has 1 aromatic carbocycles. The third-order valence-electron chi connectivity index (χ3n) is 2.44. The van der Waals surface area contributed by atoms with Crippen LogP contribution in [0.1, 0.15) is 38.8 Å². The lowest BCUT2D eigenvalue weighted by molar-refractivity contribution is 0.413. The normalized spacial score (nSPS) is 12.1. The number of hydrogen-bond donors (Lipinski definition) is 0. The maximum absolute atomic E-state index is 5.31. The van der Waals surface area contributed by atoms with E-state index in [9.17, 15) is 0 Å². The zero-order chi connectivity index (χ0) is 11.5. The molecule has 0 saturated heterocycles. The molecular weight excluding hydrogens is 184 g/mol. The largest absolute Gasteiger partial charge is 0.496 e. The van der Waals surface area contributed by atoms with Gasteiger partial charge in [-0.15, -0.1) is 0 Å². The number of allylic oxidation sites excluding steroid dienone is 1. The van der Waals surface area contributed by atoms with E-state index in [4.69, 9.17) is 4.74 Å². The maximum Gasteiger partial charge on any atom is 0.126 e. The van der Waals surface area contributed by atoms with Gasteiger partial charge in [0.05, 0.1) is 7.11 Å². The van der Waals surface area contributed by atoms with E-state index in [-0.39, 0.29) is 5.41 Å². The van der Waals surface area contributed by atoms with Gasteiger partial charge in [-0.25, -0.2) is 0 Å². The minimum atomic E-state index is 0.183. The molecule has 1 nitrogen and oxygen atoms in total. The van der Waals surface area contributed by atoms with Crippen LogP contribution in [0.15, 0.2) is 24.3 Å². The summed E-state index contributed by atoms with van der Waals surface area (Å²) in [6.45, 7) is 8.67. The summed E-state index contributed by atoms with van der Waals surface area (Å²) in [7, 11) is 1.71. The van der Waals surface area contributed by atoms with Crippen molar-refractivity contribution in [3.63, 3.8) is 0 Å². The van der Waals surface area contributed by atoms with Crippen LogP contribution in [0.2, 0.25) is 0 Å². The van der Waals surface area contributed by atoms with E-state index in [1.807, 2.05) is 19.1 Å². The lowest BCUT2D eigenvalue weighted by Crippen LogP contribution is -2.11. The number of methoxy groups -OCH3 is 1. The fraction of sp³-hybridized carbons (Fsp3) is 0.429. The highest BCUT2D eigenvalue weighted by Gasteiger charge is 2.14. The summed E-state index contributed by atoms with van der Waals surface area (Å²) in [6.07, 6.45) is 4.11. The van der Waals surface area contributed by atoms with Crippen LogP contribution >= 0.6 is 0 Å². The van der Waals surface area contributed by atoms with Gasteiger partial charge in [0.25, 0.3) is 0 Å². The third-order valence-corrected chi connectivity index (χ3v) is 2.44. The molecular formula is C14H20O. The van der Waals surface area contributed by atoms with Gasteiger partial charge in [-0.05, 0) is 30.0 Å². The number of rotatable bonds is 2. The zero-order valence-corrected chi connectivity index (χ0v) is 10.3. The molecule has 1 heteroatoms. The molecule has 0 aliphatic rings. The minimum Gasteiger partial charge on any atom is -0.496 e. The fourth-order valence-electron chi connectivity index (χ4n) is 1.51. The second-order valence-corrected chi connectivity index (χ2v) is 4.71. The Kier molecular flexibility index (Phi) is 3.57. The SMILES string of the molecule is CC=Cc1cc(C(C)(C)C)ccc1OC. The second-order valence-electron chi connectivity index (χ2n) is 4.71. The Labute approximate surface area is 92.8 Å². The van der Waals surface area contributed by atoms with E-state index in [0.29, 0.717) is 0 Å². The second kappa shape index (κ2) is 4.52. The molecule has 0 N–H and O–H groups in total. The van der Waals surface area contributed by atoms with E-state index in [1.165, 1.54) is 5.56 Å². The molecule has 0 saturated carbocycles. The number of ether oxygens (including phenoxy) is 1. The van der Waals surface area contributed by atoms with Crippen molar-refractivity contribution in [3.05, 3.63) is 35.4 Å². The Morgan fingerprint density at radius 1 is 1.20 bits per heavy atom. The van der Waals surface area contributed by atoms with Gasteiger partial charge < -0.3 is 4.74 Å². The molecule has 0 bridgehead atoms. The summed E-state index contributed by atoms with van der Waals surface area (Å²) in [6, 6.07) is 6.36. The van der Waals surface area contributed by atoms with Gasteiger partial charge in [0.15, 0.2) is 0 Å². The van der Waals surface area contributed by atoms with E-state index in [0.717, 1.165) is 11.3 Å². The standard InChI is InChI=1S/C14H20O/c1-6-7-11-10-12(14(2,3)4)8-9-13(11)15-5/h6-10H,1-5H3. The first-order valence-corrected chi connectivity index (χ1v) is 5.30. The smallest absolute Gasteiger partial charge is 0.126 e. The molecule has 0 heterocycles. The van der Waals surface area contributed by atoms with Crippen LogP contribution in [0.25, 0.3) is 6.08 Å². The monoisotopic (exact) mass is 204 g/mol. The predicted octanol–water partition coefficient (Wildman–Crippen LogP) is 4.03. The van der Waals surface area contributed by atoms with Crippen molar-refractivity contribution in [2.24, 2.45) is 0 Å². The quantitative estimate of drug-likeness (QED) is 0.706. The van der Waals surface area contributed by atoms with Gasteiger partial charge in [0.2, 0.25) is 0 Å². The van der Waals surface area contributed by atoms with Crippen LogP contribution in [0.5, 0.6) is 5.75 Å². The van der Waals surface area contributed by atoms with Gasteiger partial charge in [-0.2, -0.15) is 0 Å². The van der Waals surface area contributed by atoms with E-state index < -0.39 is 0 Å². The van der Waals surface area contributed by atoms with Gasteiger partial charge in [-0.3, -0.25) is 0 Å². The Morgan fingerprint density at radius 3 is 2.33 bits per heavy atom. The topological polar surface area (TPSA) is 9.23 Å². The van der Waals surface area contributed by atoms with E-state index in [1.54, 1.807) is 7.11 Å². The third kappa shape index (κ3) is 2.85. The van der Waals surface area contributed by atoms with Crippen LogP contribution in [0.4, 0.5) is 0 Å². The van der Waals surface area contributed by atoms with E-state index in [2.05, 4.69) is 39.0 Å². The lowest BCUT2D eigenvalue weighted by Gasteiger charge is -2.20. The Morgan fingerprint density at radius 2 is 1.87 bits per heavy atom. The molecule has 0 spiro atoms. The summed E-state index contributed by atoms with van der Waals surface area (Å²) in [4.78, 5) is 0. The highest BCUT2D eigenvalue weighted by Crippen LogP contribution is 2.28. The fourth-order valence-corrected chi connectivity index (χ4v) is 1.51. The van der Waals surface area contributed by atoms with Crippen LogP contribution in [0.3, 0.4) is 0 Å². The van der Waals surface area contributed by atoms with Crippen LogP contribution in [0, 0.1) is 0 Å². The average Bonchev–Trinajstić information content (AvgIpc) is 2.17. The molecule has 0 fully saturated rings. The minimum absolute atomic E-state index is 0.183. The molecule has 0 atom stereocenters. The van der Waals surface area contributed by atoms with Crippen molar-refractivity contribution < 1.29 is 4.74 Å². The first-order valence-electron chi connectivity index (χ1n) is 5.30. The number of benzene rings is 1. The van der Waals surface area contributed by atoms with Gasteiger partial charge in [0.1, 0.15) is 5.75 Å². The van der Waals surface area contributed by atoms with Crippen LogP contribution in [-0.4, -0.2) is 7.11 Å². The molecule has 15 heavy (non-hydrogen) atoms. The van der Waals surface area contributed by atoms with Crippen molar-refractivity contribution in [1.82, 2.24) is 0 Å². The molecule has 1 aromatic rings. The van der Waals surface area contributed by atoms with Crippen molar-refractivity contribution in [2.45, 2.75) is 33.1 Å². The Balaban J connectivity index is 3.22. The van der Waals surface area contributed by atoms with Crippen LogP contribution in [-0.2, 0) is 5.41 Å². The van der Waals surface area contributed by atoms with E-state index >= 15 is 0 Å². The summed E-state index contributed by atoms with van der Waals surface area (Å²) < 4.78 is 5.31. The average molecular weight is 204 g/mol. The summed E-state index contributed by atoms with van der Waals surface area (Å²) >= 11 is 0. The van der Waals surface area contributed by atoms with Crippen molar-refractivity contribution >= 4 is 6.08 Å². The first kappa shape index (κ1) is 11.8. The van der Waals surface area contributed by atoms with Crippen molar-refractivity contribution in [3.8, 4) is 5.75 Å². The van der Waals surface area contributed by atoms with Gasteiger partial charge in [0, 0.05) is 5.56 Å². The molecule has 0 aromatic heterocycles. The van der Waals surface area contributed by atoms with Gasteiger partial charge >= 0.3 is 0 Å². The van der Waals surface area contributed by atoms with Gasteiger partial charge in [-0.1, -0.05) is 39.0 Å². The molecule has 82 valence electrons. The molecule has 1 rings (SSSR count). The Hall–Kier alpha value is -1.24. The van der Waals surface area contributed by atoms with Crippen molar-refractivity contribution in [1.29, 1.82) is 0 Å². The predicted molar refractivity (Wildman–Crippen MR) is 66.4 cm³/mol. The lowest BCUT2D eigenvalue weighted by atomic mass is 9.86. The first-order chi connectivity index (χ1) is 6.99. The summed E-state index contributed by atoms with van der Waals surface area (Å²) in [5, 5.41) is 0. The van der Waals surface area contributed by atoms with Crippen molar-refractivity contribution in [2.75, 3.05) is 7.11 Å². The summed E-state index contributed by atoms with van der Waals surface area (Å²) in [5.74, 6) is 0.932. The Bertz CT molecular complexity index is 356. The van der Waals surface area contributed by atoms with Crippen LogP contribution < -0.4 is 4.74 Å². The maximum atomic E-state index is 5.31. The molecule has 0 radical (unpaired) electrons. The number of hydrogen-bond acceptors (Lipinski definition) is 1. The summed E-state index contributed by atoms with van der Waals surface area (Å²) in [5.41, 5.74) is 2.66. The molecule has 0 aliphatic carbocycles. The highest BCUT2D eigenvalue weighted by atomic mass is 16.5. The highest BCUT2D eigenvalue weighted by molar-refractivity contribution is 5.58. The zero-order valence-electron chi connectivity index (χ0n) is 10.3.